The van der Waals surface area contributed by atoms with Crippen molar-refractivity contribution in [2.24, 2.45) is 11.8 Å². The Hall–Kier alpha value is -5.57. The number of carbonyl (C=O) groups excluding carboxylic acids is 4. The first-order chi connectivity index (χ1) is 27.3. The number of hydrogen-bond acceptors (Lipinski definition) is 10. The van der Waals surface area contributed by atoms with E-state index in [2.05, 4.69) is 54.5 Å². The molecule has 5 fully saturated rings. The van der Waals surface area contributed by atoms with E-state index in [1.807, 2.05) is 18.2 Å². The molecule has 1 aromatic carbocycles. The summed E-state index contributed by atoms with van der Waals surface area (Å²) in [6, 6.07) is 6.41. The number of aromatic nitrogens is 5. The maximum Gasteiger partial charge on any atom is 0.261 e. The standard InChI is InChI=1S/C41H46N10O5/c1-47(30-21-48(22-30)29-9-10-31-25(15-29)19-49(41(31)55)35-11-12-37(52)45-40(35)54)27-5-7-28(8-6-27)51-20-26-16-34(36(17-33(26)46-51)56-23-24-3-4-24)44-39(53)32-18-43-50-14-2-13-42-38(32)50/h2,9-10,13-14,16-18,20,24-25,27-28,30,35H,3-8,11-12,15,19,21-23H2,1H3,(H,44,53)(H,45,52,54)/t25?,27-,28-,35?. The molecule has 2 N–H and O–H groups in total. The quantitative estimate of drug-likeness (QED) is 0.229. The van der Waals surface area contributed by atoms with E-state index in [-0.39, 0.29) is 36.0 Å². The highest BCUT2D eigenvalue weighted by Crippen LogP contribution is 2.40. The predicted octanol–water partition coefficient (Wildman–Crippen LogP) is 3.70. The number of fused-ring (bicyclic) bond motifs is 3. The monoisotopic (exact) mass is 758 g/mol. The highest BCUT2D eigenvalue weighted by Gasteiger charge is 2.45. The predicted molar refractivity (Wildman–Crippen MR) is 205 cm³/mol. The third kappa shape index (κ3) is 6.40. The molecule has 290 valence electrons. The Morgan fingerprint density at radius 3 is 2.66 bits per heavy atom. The van der Waals surface area contributed by atoms with Crippen molar-refractivity contribution in [3.8, 4) is 5.75 Å². The van der Waals surface area contributed by atoms with Gasteiger partial charge in [0.15, 0.2) is 5.65 Å². The van der Waals surface area contributed by atoms with E-state index in [0.29, 0.717) is 66.3 Å². The molecule has 10 rings (SSSR count). The fourth-order valence-corrected chi connectivity index (χ4v) is 9.25. The minimum absolute atomic E-state index is 0.0747. The number of likely N-dealkylation sites (N-methyl/N-ethyl adjacent to an activating group) is 1. The molecule has 4 amide bonds. The maximum atomic E-state index is 13.4. The average molecular weight is 759 g/mol. The number of carbonyl (C=O) groups is 4. The number of imide groups is 1. The fraction of sp³-hybridized carbons (Fsp3) is 0.488. The zero-order valence-electron chi connectivity index (χ0n) is 31.5. The summed E-state index contributed by atoms with van der Waals surface area (Å²) < 4.78 is 9.96. The number of rotatable bonds is 10. The third-order valence-corrected chi connectivity index (χ3v) is 12.9. The van der Waals surface area contributed by atoms with Crippen molar-refractivity contribution in [2.45, 2.75) is 82.0 Å². The van der Waals surface area contributed by atoms with Crippen LogP contribution in [0.3, 0.4) is 0 Å². The molecule has 2 atom stereocenters. The first-order valence-electron chi connectivity index (χ1n) is 20.0. The Morgan fingerprint density at radius 2 is 1.86 bits per heavy atom. The van der Waals surface area contributed by atoms with E-state index in [1.165, 1.54) is 11.9 Å². The van der Waals surface area contributed by atoms with E-state index in [0.717, 1.165) is 74.5 Å². The largest absolute Gasteiger partial charge is 0.491 e. The highest BCUT2D eigenvalue weighted by atomic mass is 16.5. The van der Waals surface area contributed by atoms with Gasteiger partial charge in [0.25, 0.3) is 11.8 Å². The molecule has 4 aromatic rings. The number of nitrogens with zero attached hydrogens (tertiary/aromatic N) is 8. The Morgan fingerprint density at radius 1 is 1.02 bits per heavy atom. The molecular weight excluding hydrogens is 713 g/mol. The van der Waals surface area contributed by atoms with E-state index in [1.54, 1.807) is 27.9 Å². The van der Waals surface area contributed by atoms with Gasteiger partial charge in [-0.25, -0.2) is 9.50 Å². The Balaban J connectivity index is 0.749. The third-order valence-electron chi connectivity index (χ3n) is 12.9. The van der Waals surface area contributed by atoms with Crippen LogP contribution in [0.25, 0.3) is 16.6 Å². The summed E-state index contributed by atoms with van der Waals surface area (Å²) in [6.45, 7) is 3.07. The molecule has 0 bridgehead atoms. The van der Waals surface area contributed by atoms with Gasteiger partial charge in [-0.2, -0.15) is 10.2 Å². The molecule has 15 heteroatoms. The van der Waals surface area contributed by atoms with Crippen LogP contribution in [-0.4, -0.2) is 114 Å². The second kappa shape index (κ2) is 13.9. The van der Waals surface area contributed by atoms with Crippen molar-refractivity contribution in [1.82, 2.24) is 44.4 Å². The van der Waals surface area contributed by atoms with Crippen LogP contribution in [0.1, 0.15) is 74.2 Å². The number of hydrogen-bond donors (Lipinski definition) is 2. The summed E-state index contributed by atoms with van der Waals surface area (Å²) in [7, 11) is 2.26. The van der Waals surface area contributed by atoms with Crippen LogP contribution in [0.5, 0.6) is 5.75 Å². The van der Waals surface area contributed by atoms with Gasteiger partial charge in [0.2, 0.25) is 11.8 Å². The van der Waals surface area contributed by atoms with Crippen LogP contribution in [0.2, 0.25) is 0 Å². The molecule has 3 saturated heterocycles. The number of anilines is 1. The Bertz CT molecular complexity index is 2310. The maximum absolute atomic E-state index is 13.4. The number of amides is 4. The molecule has 2 unspecified atom stereocenters. The topological polar surface area (TPSA) is 159 Å². The van der Waals surface area contributed by atoms with Gasteiger partial charge in [0.05, 0.1) is 30.0 Å². The van der Waals surface area contributed by atoms with Gasteiger partial charge < -0.3 is 19.9 Å². The van der Waals surface area contributed by atoms with E-state index < -0.39 is 6.04 Å². The minimum atomic E-state index is -0.565. The summed E-state index contributed by atoms with van der Waals surface area (Å²) in [4.78, 5) is 61.8. The number of nitrogens with one attached hydrogen (secondary N) is 2. The zero-order chi connectivity index (χ0) is 38.1. The number of benzene rings is 1. The summed E-state index contributed by atoms with van der Waals surface area (Å²) in [5, 5.41) is 15.7. The summed E-state index contributed by atoms with van der Waals surface area (Å²) in [6.07, 6.45) is 19.1. The van der Waals surface area contributed by atoms with Gasteiger partial charge >= 0.3 is 0 Å². The molecule has 6 aliphatic rings. The van der Waals surface area contributed by atoms with Gasteiger partial charge in [-0.05, 0) is 82.5 Å². The Labute approximate surface area is 323 Å². The number of ether oxygens (including phenoxy) is 1. The molecule has 3 aromatic heterocycles. The fourth-order valence-electron chi connectivity index (χ4n) is 9.25. The summed E-state index contributed by atoms with van der Waals surface area (Å²) >= 11 is 0. The van der Waals surface area contributed by atoms with Crippen molar-refractivity contribution < 1.29 is 23.9 Å². The average Bonchev–Trinajstić information content (AvgIpc) is 3.61. The van der Waals surface area contributed by atoms with Crippen molar-refractivity contribution >= 4 is 45.9 Å². The molecular formula is C41H46N10O5. The second-order valence-corrected chi connectivity index (χ2v) is 16.5. The van der Waals surface area contributed by atoms with Crippen molar-refractivity contribution in [1.29, 1.82) is 0 Å². The van der Waals surface area contributed by atoms with Crippen molar-refractivity contribution in [3.05, 3.63) is 72.0 Å². The lowest BCUT2D eigenvalue weighted by Gasteiger charge is -2.50. The number of allylic oxidation sites excluding steroid dienone is 3. The van der Waals surface area contributed by atoms with Gasteiger partial charge in [-0.15, -0.1) is 0 Å². The second-order valence-electron chi connectivity index (χ2n) is 16.5. The van der Waals surface area contributed by atoms with Crippen LogP contribution in [-0.2, 0) is 14.4 Å². The molecule has 56 heavy (non-hydrogen) atoms. The normalized spacial score (nSPS) is 25.6. The lowest BCUT2D eigenvalue weighted by Crippen LogP contribution is -2.60. The van der Waals surface area contributed by atoms with Crippen molar-refractivity contribution in [3.63, 3.8) is 0 Å². The smallest absolute Gasteiger partial charge is 0.261 e. The highest BCUT2D eigenvalue weighted by molar-refractivity contribution is 6.09. The number of likely N-dealkylation sites (tertiary alicyclic amines) is 2. The van der Waals surface area contributed by atoms with Gasteiger partial charge in [0, 0.05) is 85.4 Å². The molecule has 3 aliphatic heterocycles. The molecule has 2 saturated carbocycles. The lowest BCUT2D eigenvalue weighted by atomic mass is 9.88. The molecule has 3 aliphatic carbocycles. The first kappa shape index (κ1) is 34.9. The molecule has 0 radical (unpaired) electrons. The van der Waals surface area contributed by atoms with E-state index in [4.69, 9.17) is 9.84 Å². The SMILES string of the molecule is CN(C1CN(C2=CC=C3C(=O)N(C4CCC(=O)NC4=O)CC3C2)C1)[C@H]1CC[C@H](n2cc3cc(NC(=O)c4cnn5cccnc45)c(OCC4CC4)cc3n2)CC1. The Kier molecular flexibility index (Phi) is 8.64. The summed E-state index contributed by atoms with van der Waals surface area (Å²) in [5.41, 5.74) is 4.40. The lowest BCUT2D eigenvalue weighted by molar-refractivity contribution is -0.142. The number of piperidine rings is 1. The van der Waals surface area contributed by atoms with Gasteiger partial charge in [-0.1, -0.05) is 6.08 Å². The van der Waals surface area contributed by atoms with Crippen LogP contribution in [0.15, 0.2) is 66.4 Å². The molecule has 6 heterocycles. The van der Waals surface area contributed by atoms with Gasteiger partial charge in [-0.3, -0.25) is 34.1 Å². The minimum Gasteiger partial charge on any atom is -0.491 e. The first-order valence-corrected chi connectivity index (χ1v) is 20.0. The summed E-state index contributed by atoms with van der Waals surface area (Å²) in [5.74, 6) is 0.267. The zero-order valence-corrected chi connectivity index (χ0v) is 31.5. The van der Waals surface area contributed by atoms with E-state index >= 15 is 0 Å². The van der Waals surface area contributed by atoms with Crippen LogP contribution in [0, 0.1) is 11.8 Å². The van der Waals surface area contributed by atoms with Crippen LogP contribution >= 0.6 is 0 Å². The van der Waals surface area contributed by atoms with Crippen molar-refractivity contribution in [2.75, 3.05) is 38.6 Å². The van der Waals surface area contributed by atoms with Crippen LogP contribution < -0.4 is 15.4 Å². The van der Waals surface area contributed by atoms with E-state index in [9.17, 15) is 19.2 Å². The van der Waals surface area contributed by atoms with Gasteiger partial charge in [0.1, 0.15) is 17.4 Å². The molecule has 15 nitrogen and oxygen atoms in total. The molecule has 0 spiro atoms. The van der Waals surface area contributed by atoms with Crippen LogP contribution in [0.4, 0.5) is 5.69 Å².